The Bertz CT molecular complexity index is 475. The monoisotopic (exact) mass is 268 g/mol. The van der Waals surface area contributed by atoms with E-state index in [9.17, 15) is 14.7 Å². The van der Waals surface area contributed by atoms with E-state index in [0.717, 1.165) is 0 Å². The topological polar surface area (TPSA) is 99.1 Å². The number of likely N-dealkylation sites (N-methyl/N-ethyl adjacent to an activating group) is 1. The standard InChI is InChI=1S/C12H16N2O5/c1-14(5-6-19-2)12(18)13-8-3-4-10(15)9(7-8)11(16)17/h3-4,7,15H,5-6H2,1-2H3,(H,13,18)(H,16,17). The maximum absolute atomic E-state index is 11.7. The number of aromatic carboxylic acids is 1. The molecule has 1 aromatic rings. The third-order valence-electron chi connectivity index (χ3n) is 2.46. The van der Waals surface area contributed by atoms with Crippen LogP contribution in [0.1, 0.15) is 10.4 Å². The fourth-order valence-electron chi connectivity index (χ4n) is 1.33. The normalized spacial score (nSPS) is 10.0. The molecule has 0 heterocycles. The highest BCUT2D eigenvalue weighted by atomic mass is 16.5. The van der Waals surface area contributed by atoms with Gasteiger partial charge in [0.1, 0.15) is 11.3 Å². The van der Waals surface area contributed by atoms with Crippen LogP contribution in [-0.4, -0.2) is 54.4 Å². The van der Waals surface area contributed by atoms with Gasteiger partial charge in [-0.05, 0) is 18.2 Å². The van der Waals surface area contributed by atoms with Gasteiger partial charge < -0.3 is 25.2 Å². The van der Waals surface area contributed by atoms with Crippen molar-refractivity contribution in [2.24, 2.45) is 0 Å². The van der Waals surface area contributed by atoms with E-state index < -0.39 is 5.97 Å². The predicted octanol–water partition coefficient (Wildman–Crippen LogP) is 1.20. The number of nitrogens with one attached hydrogen (secondary N) is 1. The Balaban J connectivity index is 2.74. The van der Waals surface area contributed by atoms with Gasteiger partial charge >= 0.3 is 12.0 Å². The smallest absolute Gasteiger partial charge is 0.339 e. The van der Waals surface area contributed by atoms with Gasteiger partial charge in [0.05, 0.1) is 6.61 Å². The van der Waals surface area contributed by atoms with Crippen LogP contribution in [0.25, 0.3) is 0 Å². The summed E-state index contributed by atoms with van der Waals surface area (Å²) in [6, 6.07) is 3.44. The number of hydrogen-bond acceptors (Lipinski definition) is 4. The van der Waals surface area contributed by atoms with Crippen molar-refractivity contribution in [3.8, 4) is 5.75 Å². The van der Waals surface area contributed by atoms with Crippen LogP contribution in [0, 0.1) is 0 Å². The molecular weight excluding hydrogens is 252 g/mol. The average Bonchev–Trinajstić information content (AvgIpc) is 2.37. The second-order valence-electron chi connectivity index (χ2n) is 3.88. The lowest BCUT2D eigenvalue weighted by Crippen LogP contribution is -2.33. The molecule has 1 rings (SSSR count). The van der Waals surface area contributed by atoms with E-state index in [1.165, 1.54) is 30.2 Å². The summed E-state index contributed by atoms with van der Waals surface area (Å²) in [6.07, 6.45) is 0. The largest absolute Gasteiger partial charge is 0.507 e. The first-order valence-corrected chi connectivity index (χ1v) is 5.53. The zero-order valence-electron chi connectivity index (χ0n) is 10.7. The minimum absolute atomic E-state index is 0.266. The number of nitrogens with zero attached hydrogens (tertiary/aromatic N) is 1. The molecule has 0 aliphatic carbocycles. The summed E-state index contributed by atoms with van der Waals surface area (Å²) in [5, 5.41) is 20.7. The molecule has 0 fully saturated rings. The number of amides is 2. The van der Waals surface area contributed by atoms with E-state index in [0.29, 0.717) is 18.8 Å². The number of carbonyl (C=O) groups is 2. The van der Waals surface area contributed by atoms with Crippen LogP contribution in [-0.2, 0) is 4.74 Å². The number of benzene rings is 1. The van der Waals surface area contributed by atoms with Crippen molar-refractivity contribution in [1.29, 1.82) is 0 Å². The van der Waals surface area contributed by atoms with Crippen molar-refractivity contribution in [2.75, 3.05) is 32.6 Å². The highest BCUT2D eigenvalue weighted by Crippen LogP contribution is 2.21. The third kappa shape index (κ3) is 4.14. The Labute approximate surface area is 110 Å². The van der Waals surface area contributed by atoms with Crippen molar-refractivity contribution in [3.63, 3.8) is 0 Å². The zero-order valence-corrected chi connectivity index (χ0v) is 10.7. The number of rotatable bonds is 5. The minimum atomic E-state index is -1.26. The lowest BCUT2D eigenvalue weighted by Gasteiger charge is -2.17. The second kappa shape index (κ2) is 6.60. The predicted molar refractivity (Wildman–Crippen MR) is 68.6 cm³/mol. The van der Waals surface area contributed by atoms with Gasteiger partial charge in [-0.25, -0.2) is 9.59 Å². The van der Waals surface area contributed by atoms with Crippen LogP contribution in [0.3, 0.4) is 0 Å². The number of carboxylic acids is 1. The molecule has 0 spiro atoms. The molecule has 0 aliphatic rings. The maximum Gasteiger partial charge on any atom is 0.339 e. The summed E-state index contributed by atoms with van der Waals surface area (Å²) in [4.78, 5) is 24.0. The Morgan fingerprint density at radius 2 is 2.11 bits per heavy atom. The molecule has 3 N–H and O–H groups in total. The number of methoxy groups -OCH3 is 1. The zero-order chi connectivity index (χ0) is 14.4. The second-order valence-corrected chi connectivity index (χ2v) is 3.88. The van der Waals surface area contributed by atoms with Crippen LogP contribution < -0.4 is 5.32 Å². The third-order valence-corrected chi connectivity index (χ3v) is 2.46. The van der Waals surface area contributed by atoms with Crippen LogP contribution in [0.4, 0.5) is 10.5 Å². The first kappa shape index (κ1) is 14.8. The lowest BCUT2D eigenvalue weighted by molar-refractivity contribution is 0.0693. The number of anilines is 1. The van der Waals surface area contributed by atoms with Gasteiger partial charge in [-0.1, -0.05) is 0 Å². The number of hydrogen-bond donors (Lipinski definition) is 3. The van der Waals surface area contributed by atoms with E-state index in [1.807, 2.05) is 0 Å². The van der Waals surface area contributed by atoms with E-state index in [2.05, 4.69) is 5.32 Å². The number of carbonyl (C=O) groups excluding carboxylic acids is 1. The first-order valence-electron chi connectivity index (χ1n) is 5.53. The Hall–Kier alpha value is -2.28. The Morgan fingerprint density at radius 1 is 1.42 bits per heavy atom. The number of phenols is 1. The molecule has 0 saturated carbocycles. The molecule has 0 unspecified atom stereocenters. The summed E-state index contributed by atoms with van der Waals surface area (Å²) in [7, 11) is 3.12. The van der Waals surface area contributed by atoms with Crippen molar-refractivity contribution in [1.82, 2.24) is 4.90 Å². The van der Waals surface area contributed by atoms with Crippen molar-refractivity contribution >= 4 is 17.7 Å². The van der Waals surface area contributed by atoms with E-state index in [-0.39, 0.29) is 17.3 Å². The van der Waals surface area contributed by atoms with Crippen LogP contribution in [0.15, 0.2) is 18.2 Å². The highest BCUT2D eigenvalue weighted by Gasteiger charge is 2.13. The summed E-state index contributed by atoms with van der Waals surface area (Å²) < 4.78 is 4.85. The fourth-order valence-corrected chi connectivity index (χ4v) is 1.33. The molecule has 104 valence electrons. The molecular formula is C12H16N2O5. The molecule has 0 aliphatic heterocycles. The molecule has 2 amide bonds. The van der Waals surface area contributed by atoms with Crippen LogP contribution in [0.5, 0.6) is 5.75 Å². The number of urea groups is 1. The fraction of sp³-hybridized carbons (Fsp3) is 0.333. The minimum Gasteiger partial charge on any atom is -0.507 e. The molecule has 0 aromatic heterocycles. The Morgan fingerprint density at radius 3 is 2.68 bits per heavy atom. The van der Waals surface area contributed by atoms with Gasteiger partial charge in [-0.3, -0.25) is 0 Å². The van der Waals surface area contributed by atoms with Crippen LogP contribution >= 0.6 is 0 Å². The Kier molecular flexibility index (Phi) is 5.13. The van der Waals surface area contributed by atoms with Crippen molar-refractivity contribution < 1.29 is 24.5 Å². The molecule has 7 nitrogen and oxygen atoms in total. The molecule has 19 heavy (non-hydrogen) atoms. The summed E-state index contributed by atoms with van der Waals surface area (Å²) in [5.41, 5.74) is 0.0295. The maximum atomic E-state index is 11.7. The first-order chi connectivity index (χ1) is 8.95. The van der Waals surface area contributed by atoms with Gasteiger partial charge in [0.25, 0.3) is 0 Å². The lowest BCUT2D eigenvalue weighted by atomic mass is 10.2. The molecule has 0 bridgehead atoms. The van der Waals surface area contributed by atoms with Crippen molar-refractivity contribution in [3.05, 3.63) is 23.8 Å². The number of ether oxygens (including phenoxy) is 1. The SMILES string of the molecule is COCCN(C)C(=O)Nc1ccc(O)c(C(=O)O)c1. The van der Waals surface area contributed by atoms with Gasteiger partial charge in [0, 0.05) is 26.4 Å². The van der Waals surface area contributed by atoms with Gasteiger partial charge in [0.15, 0.2) is 0 Å². The molecule has 7 heteroatoms. The van der Waals surface area contributed by atoms with Gasteiger partial charge in [-0.2, -0.15) is 0 Å². The molecule has 0 radical (unpaired) electrons. The average molecular weight is 268 g/mol. The summed E-state index contributed by atoms with van der Waals surface area (Å²) >= 11 is 0. The molecule has 1 aromatic carbocycles. The van der Waals surface area contributed by atoms with E-state index >= 15 is 0 Å². The highest BCUT2D eigenvalue weighted by molar-refractivity contribution is 5.95. The van der Waals surface area contributed by atoms with Gasteiger partial charge in [0.2, 0.25) is 0 Å². The van der Waals surface area contributed by atoms with E-state index in [1.54, 1.807) is 7.05 Å². The number of carboxylic acid groups (broad SMARTS) is 1. The quantitative estimate of drug-likeness (QED) is 0.697. The van der Waals surface area contributed by atoms with Crippen molar-refractivity contribution in [2.45, 2.75) is 0 Å². The summed E-state index contributed by atoms with van der Waals surface area (Å²) in [6.45, 7) is 0.812. The van der Waals surface area contributed by atoms with E-state index in [4.69, 9.17) is 9.84 Å². The number of aromatic hydroxyl groups is 1. The molecule has 0 saturated heterocycles. The van der Waals surface area contributed by atoms with Crippen LogP contribution in [0.2, 0.25) is 0 Å². The van der Waals surface area contributed by atoms with Gasteiger partial charge in [-0.15, -0.1) is 0 Å². The molecule has 0 atom stereocenters. The summed E-state index contributed by atoms with van der Waals surface area (Å²) in [5.74, 6) is -1.61.